The average Bonchev–Trinajstić information content (AvgIpc) is 2.71. The molecular weight excluding hydrogens is 470 g/mol. The van der Waals surface area contributed by atoms with Gasteiger partial charge in [0.1, 0.15) is 0 Å². The number of carbonyl (C=O) groups is 1. The van der Waals surface area contributed by atoms with E-state index in [1.807, 2.05) is 6.92 Å². The first-order valence-corrected chi connectivity index (χ1v) is 10.7. The summed E-state index contributed by atoms with van der Waals surface area (Å²) in [6, 6.07) is 0.430. The Hall–Kier alpha value is 0.515. The molecule has 1 aliphatic heterocycles. The Labute approximate surface area is 137 Å². The van der Waals surface area contributed by atoms with Crippen molar-refractivity contribution in [2.24, 2.45) is 0 Å². The molecule has 1 saturated heterocycles. The summed E-state index contributed by atoms with van der Waals surface area (Å²) in [4.78, 5) is 9.00. The fourth-order valence-electron chi connectivity index (χ4n) is 2.22. The summed E-state index contributed by atoms with van der Waals surface area (Å²) in [6.07, 6.45) is 1.89. The summed E-state index contributed by atoms with van der Waals surface area (Å²) in [5.41, 5.74) is 0. The van der Waals surface area contributed by atoms with Gasteiger partial charge in [-0.2, -0.15) is 0 Å². The van der Waals surface area contributed by atoms with Gasteiger partial charge in [-0.25, -0.2) is 0 Å². The van der Waals surface area contributed by atoms with Crippen LogP contribution in [0.2, 0.25) is 2.92 Å². The molecular formula is C12H25HgNO5P. The van der Waals surface area contributed by atoms with Crippen molar-refractivity contribution >= 4 is 13.6 Å². The molecule has 1 rings (SSSR count). The molecule has 2 atom stereocenters. The fourth-order valence-corrected chi connectivity index (χ4v) is 5.09. The Kier molecular flexibility index (Phi) is 7.88. The van der Waals surface area contributed by atoms with Crippen LogP contribution in [0.15, 0.2) is 0 Å². The molecule has 0 aromatic heterocycles. The number of nitrogens with one attached hydrogen (secondary N) is 1. The number of carboxylic acids is 1. The van der Waals surface area contributed by atoms with E-state index < -0.39 is 18.8 Å². The summed E-state index contributed by atoms with van der Waals surface area (Å²) in [5, 5.41) is 10.4. The van der Waals surface area contributed by atoms with E-state index in [-0.39, 0.29) is 0 Å². The van der Waals surface area contributed by atoms with Crippen LogP contribution in [0.3, 0.4) is 0 Å². The van der Waals surface area contributed by atoms with E-state index in [9.17, 15) is 4.57 Å². The summed E-state index contributed by atoms with van der Waals surface area (Å²) in [5.74, 6) is -0.833. The first kappa shape index (κ1) is 20.5. The standard InChI is InChI=1S/C10H21NO3P.C2H4O2.Hg/c1-8(2)9-6-7-10(3,11-9)15(12,13-4)14-5;1-2(3)4;/h9,11H,6-7H2,1-5H3;1H3,(H,3,4);. The molecule has 0 radical (unpaired) electrons. The van der Waals surface area contributed by atoms with E-state index in [1.54, 1.807) is 0 Å². The maximum absolute atomic E-state index is 12.5. The first-order valence-electron chi connectivity index (χ1n) is 6.46. The molecule has 8 heteroatoms. The van der Waals surface area contributed by atoms with Crippen LogP contribution in [0.5, 0.6) is 0 Å². The van der Waals surface area contributed by atoms with E-state index in [0.717, 1.165) is 19.8 Å². The molecule has 0 amide bonds. The summed E-state index contributed by atoms with van der Waals surface area (Å²) in [6.45, 7) is 7.56. The molecule has 115 valence electrons. The van der Waals surface area contributed by atoms with Gasteiger partial charge in [0.05, 0.1) is 0 Å². The molecule has 0 saturated carbocycles. The van der Waals surface area contributed by atoms with Gasteiger partial charge in [-0.3, -0.25) is 4.79 Å². The third-order valence-corrected chi connectivity index (χ3v) is 7.87. The monoisotopic (exact) mass is 496 g/mol. The van der Waals surface area contributed by atoms with Gasteiger partial charge in [0.15, 0.2) is 0 Å². The molecule has 1 fully saturated rings. The second-order valence-electron chi connectivity index (χ2n) is 5.88. The molecule has 6 nitrogen and oxygen atoms in total. The van der Waals surface area contributed by atoms with Crippen LogP contribution in [0.4, 0.5) is 0 Å². The van der Waals surface area contributed by atoms with Crippen LogP contribution < -0.4 is 5.32 Å². The number of rotatable bonds is 4. The number of carboxylic acid groups (broad SMARTS) is 1. The molecule has 1 heterocycles. The second kappa shape index (κ2) is 7.68. The quantitative estimate of drug-likeness (QED) is 0.462. The first-order chi connectivity index (χ1) is 8.92. The Bertz CT molecular complexity index is 373. The van der Waals surface area contributed by atoms with Crippen LogP contribution in [-0.2, 0) is 44.5 Å². The van der Waals surface area contributed by atoms with Crippen LogP contribution in [0.1, 0.15) is 40.5 Å². The molecule has 0 aromatic rings. The molecule has 1 aliphatic rings. The summed E-state index contributed by atoms with van der Waals surface area (Å²) >= 11 is 0.675. The SMILES string of the molecule is CC(=O)O.COP(=O)(OC)C1(C)CCC([C](C)(C)[Hg])N1. The van der Waals surface area contributed by atoms with E-state index in [2.05, 4.69) is 19.2 Å². The predicted molar refractivity (Wildman–Crippen MR) is 73.5 cm³/mol. The number of hydrogen-bond donors (Lipinski definition) is 2. The van der Waals surface area contributed by atoms with E-state index in [0.29, 0.717) is 35.1 Å². The molecule has 20 heavy (non-hydrogen) atoms. The van der Waals surface area contributed by atoms with E-state index in [4.69, 9.17) is 18.9 Å². The van der Waals surface area contributed by atoms with Crippen molar-refractivity contribution < 1.29 is 49.6 Å². The van der Waals surface area contributed by atoms with Crippen molar-refractivity contribution in [2.75, 3.05) is 14.2 Å². The third-order valence-electron chi connectivity index (χ3n) is 3.43. The Balaban J connectivity index is 0.000000796. The van der Waals surface area contributed by atoms with Gasteiger partial charge in [-0.05, 0) is 0 Å². The van der Waals surface area contributed by atoms with Crippen LogP contribution in [-0.4, -0.2) is 36.6 Å². The minimum atomic E-state index is -3.04. The Morgan fingerprint density at radius 1 is 1.45 bits per heavy atom. The van der Waals surface area contributed by atoms with Gasteiger partial charge in [0.25, 0.3) is 5.97 Å². The average molecular weight is 495 g/mol. The van der Waals surface area contributed by atoms with Gasteiger partial charge < -0.3 is 5.11 Å². The van der Waals surface area contributed by atoms with Crippen molar-refractivity contribution in [2.45, 2.75) is 54.8 Å². The van der Waals surface area contributed by atoms with Gasteiger partial charge in [-0.15, -0.1) is 0 Å². The summed E-state index contributed by atoms with van der Waals surface area (Å²) < 4.78 is 23.1. The van der Waals surface area contributed by atoms with Crippen molar-refractivity contribution in [3.63, 3.8) is 0 Å². The maximum atomic E-state index is 12.5. The topological polar surface area (TPSA) is 84.9 Å². The van der Waals surface area contributed by atoms with Crippen molar-refractivity contribution in [3.05, 3.63) is 0 Å². The van der Waals surface area contributed by atoms with Gasteiger partial charge in [-0.1, -0.05) is 0 Å². The normalized spacial score (nSPS) is 26.9. The minimum absolute atomic E-state index is 0.351. The molecule has 0 aromatic carbocycles. The van der Waals surface area contributed by atoms with Gasteiger partial charge >= 0.3 is 115 Å². The van der Waals surface area contributed by atoms with E-state index in [1.165, 1.54) is 14.2 Å². The van der Waals surface area contributed by atoms with Crippen molar-refractivity contribution in [1.29, 1.82) is 0 Å². The Morgan fingerprint density at radius 2 is 1.85 bits per heavy atom. The molecule has 2 N–H and O–H groups in total. The van der Waals surface area contributed by atoms with Crippen LogP contribution in [0, 0.1) is 0 Å². The molecule has 2 unspecified atom stereocenters. The molecule has 0 bridgehead atoms. The number of aliphatic carboxylic acids is 1. The van der Waals surface area contributed by atoms with Crippen LogP contribution in [0.25, 0.3) is 0 Å². The second-order valence-corrected chi connectivity index (χ2v) is 15.7. The zero-order valence-corrected chi connectivity index (χ0v) is 19.6. The zero-order chi connectivity index (χ0) is 16.2. The van der Waals surface area contributed by atoms with Crippen molar-refractivity contribution in [1.82, 2.24) is 5.32 Å². The fraction of sp³-hybridized carbons (Fsp3) is 0.917. The van der Waals surface area contributed by atoms with Crippen LogP contribution >= 0.6 is 7.60 Å². The molecule has 0 aliphatic carbocycles. The third kappa shape index (κ3) is 5.37. The van der Waals surface area contributed by atoms with Crippen molar-refractivity contribution in [3.8, 4) is 0 Å². The van der Waals surface area contributed by atoms with Gasteiger partial charge in [0.2, 0.25) is 0 Å². The zero-order valence-electron chi connectivity index (χ0n) is 13.2. The summed E-state index contributed by atoms with van der Waals surface area (Å²) in [7, 11) is -0.121. The number of hydrogen-bond acceptors (Lipinski definition) is 5. The van der Waals surface area contributed by atoms with E-state index >= 15 is 0 Å². The molecule has 0 spiro atoms. The van der Waals surface area contributed by atoms with Gasteiger partial charge in [0, 0.05) is 6.92 Å². The predicted octanol–water partition coefficient (Wildman–Crippen LogP) is 2.78. The Morgan fingerprint density at radius 3 is 2.10 bits per heavy atom.